The smallest absolute Gasteiger partial charge is 0.135 e. The predicted octanol–water partition coefficient (Wildman–Crippen LogP) is 15.6. The maximum absolute atomic E-state index is 6.24. The molecular formula is C54H34N2OS. The second-order valence-corrected chi connectivity index (χ2v) is 16.0. The molecule has 58 heavy (non-hydrogen) atoms. The molecule has 8 aromatic carbocycles. The highest BCUT2D eigenvalue weighted by Crippen LogP contribution is 2.45. The summed E-state index contributed by atoms with van der Waals surface area (Å²) in [6, 6.07) is 61.6. The molecule has 0 spiro atoms. The van der Waals surface area contributed by atoms with Crippen LogP contribution in [0.15, 0.2) is 187 Å². The van der Waals surface area contributed by atoms with E-state index in [1.807, 2.05) is 24.3 Å². The predicted molar refractivity (Wildman–Crippen MR) is 249 cm³/mol. The highest BCUT2D eigenvalue weighted by Gasteiger charge is 2.20. The number of thiophene rings is 1. The Morgan fingerprint density at radius 1 is 0.414 bits per heavy atom. The van der Waals surface area contributed by atoms with Gasteiger partial charge in [0.2, 0.25) is 0 Å². The minimum absolute atomic E-state index is 0.890. The van der Waals surface area contributed by atoms with Gasteiger partial charge in [-0.3, -0.25) is 0 Å². The summed E-state index contributed by atoms with van der Waals surface area (Å²) in [7, 11) is 0. The van der Waals surface area contributed by atoms with Crippen molar-refractivity contribution < 1.29 is 4.42 Å². The van der Waals surface area contributed by atoms with Crippen LogP contribution in [-0.2, 0) is 0 Å². The van der Waals surface area contributed by atoms with E-state index in [0.717, 1.165) is 60.4 Å². The summed E-state index contributed by atoms with van der Waals surface area (Å²) in [5.74, 6) is 0. The normalized spacial score (nSPS) is 11.9. The van der Waals surface area contributed by atoms with Crippen molar-refractivity contribution in [3.63, 3.8) is 0 Å². The molecule has 12 aromatic rings. The van der Waals surface area contributed by atoms with Gasteiger partial charge in [0, 0.05) is 64.2 Å². The van der Waals surface area contributed by atoms with E-state index in [0.29, 0.717) is 0 Å². The number of benzene rings is 8. The molecule has 4 aromatic heterocycles. The fourth-order valence-corrected chi connectivity index (χ4v) is 10.4. The zero-order valence-corrected chi connectivity index (χ0v) is 32.3. The van der Waals surface area contributed by atoms with E-state index in [9.17, 15) is 0 Å². The van der Waals surface area contributed by atoms with E-state index in [4.69, 9.17) is 4.42 Å². The summed E-state index contributed by atoms with van der Waals surface area (Å²) in [4.78, 5) is 1.12. The number of hydrogen-bond acceptors (Lipinski definition) is 2. The summed E-state index contributed by atoms with van der Waals surface area (Å²) in [6.45, 7) is 8.44. The van der Waals surface area contributed by atoms with Crippen LogP contribution in [0.3, 0.4) is 0 Å². The third-order valence-electron chi connectivity index (χ3n) is 11.9. The van der Waals surface area contributed by atoms with Gasteiger partial charge in [-0.1, -0.05) is 116 Å². The largest absolute Gasteiger partial charge is 0.456 e. The van der Waals surface area contributed by atoms with Crippen LogP contribution in [-0.4, -0.2) is 9.13 Å². The van der Waals surface area contributed by atoms with E-state index in [2.05, 4.69) is 180 Å². The lowest BCUT2D eigenvalue weighted by atomic mass is 9.98. The molecule has 0 aliphatic heterocycles. The summed E-state index contributed by atoms with van der Waals surface area (Å²) in [6.07, 6.45) is 3.93. The minimum atomic E-state index is 0.890. The van der Waals surface area contributed by atoms with Gasteiger partial charge in [0.05, 0.1) is 22.1 Å². The monoisotopic (exact) mass is 758 g/mol. The molecule has 12 rings (SSSR count). The van der Waals surface area contributed by atoms with Gasteiger partial charge in [0.15, 0.2) is 0 Å². The topological polar surface area (TPSA) is 23.0 Å². The lowest BCUT2D eigenvalue weighted by Crippen LogP contribution is -1.95. The van der Waals surface area contributed by atoms with Crippen molar-refractivity contribution >= 4 is 99.1 Å². The molecule has 0 saturated heterocycles. The first-order valence-corrected chi connectivity index (χ1v) is 20.4. The number of furan rings is 1. The molecule has 272 valence electrons. The van der Waals surface area contributed by atoms with Gasteiger partial charge in [-0.05, 0) is 101 Å². The van der Waals surface area contributed by atoms with E-state index in [1.54, 1.807) is 11.3 Å². The van der Waals surface area contributed by atoms with Crippen molar-refractivity contribution in [3.8, 4) is 33.6 Å². The summed E-state index contributed by atoms with van der Waals surface area (Å²) in [5, 5.41) is 8.34. The number of para-hydroxylation sites is 4. The molecule has 0 N–H and O–H groups in total. The molecule has 0 fully saturated rings. The first-order chi connectivity index (χ1) is 28.7. The Balaban J connectivity index is 1.07. The second kappa shape index (κ2) is 12.6. The third kappa shape index (κ3) is 4.73. The van der Waals surface area contributed by atoms with Crippen molar-refractivity contribution in [2.24, 2.45) is 0 Å². The standard InChI is InChI=1S/C54H34N2OS/c1-3-38-46-32-37(31-42(54(46)58-53(38)4-2)35-24-27-52-45(30-35)41-18-10-13-21-51(41)57-52)56-48-20-12-9-17-40(48)44-29-34(23-26-50(44)56)33-22-25-49-43(28-33)39-16-8-11-19-47(39)55(49)36-14-6-5-7-15-36/h3-32H,1-2H2. The number of aromatic nitrogens is 2. The molecule has 0 amide bonds. The van der Waals surface area contributed by atoms with Crippen molar-refractivity contribution in [2.75, 3.05) is 0 Å². The summed E-state index contributed by atoms with van der Waals surface area (Å²) >= 11 is 1.77. The van der Waals surface area contributed by atoms with Gasteiger partial charge in [-0.2, -0.15) is 0 Å². The molecular weight excluding hydrogens is 725 g/mol. The fraction of sp³-hybridized carbons (Fsp3) is 0. The Labute approximate surface area is 338 Å². The Morgan fingerprint density at radius 3 is 1.64 bits per heavy atom. The third-order valence-corrected chi connectivity index (χ3v) is 13.1. The zero-order valence-electron chi connectivity index (χ0n) is 31.4. The average Bonchev–Trinajstić information content (AvgIpc) is 4.03. The zero-order chi connectivity index (χ0) is 38.5. The van der Waals surface area contributed by atoms with Crippen LogP contribution in [0.4, 0.5) is 0 Å². The van der Waals surface area contributed by atoms with Crippen LogP contribution >= 0.6 is 11.3 Å². The van der Waals surface area contributed by atoms with Crippen molar-refractivity contribution in [1.29, 1.82) is 0 Å². The van der Waals surface area contributed by atoms with Gasteiger partial charge in [-0.15, -0.1) is 11.3 Å². The van der Waals surface area contributed by atoms with Crippen LogP contribution < -0.4 is 0 Å². The number of rotatable bonds is 6. The van der Waals surface area contributed by atoms with Gasteiger partial charge in [0.1, 0.15) is 11.2 Å². The molecule has 0 radical (unpaired) electrons. The van der Waals surface area contributed by atoms with E-state index >= 15 is 0 Å². The van der Waals surface area contributed by atoms with Crippen LogP contribution in [0.2, 0.25) is 0 Å². The van der Waals surface area contributed by atoms with E-state index < -0.39 is 0 Å². The quantitative estimate of drug-likeness (QED) is 0.166. The van der Waals surface area contributed by atoms with Gasteiger partial charge >= 0.3 is 0 Å². The van der Waals surface area contributed by atoms with Gasteiger partial charge < -0.3 is 13.6 Å². The van der Waals surface area contributed by atoms with Crippen molar-refractivity contribution in [1.82, 2.24) is 9.13 Å². The first kappa shape index (κ1) is 32.8. The van der Waals surface area contributed by atoms with Gasteiger partial charge in [-0.25, -0.2) is 0 Å². The van der Waals surface area contributed by atoms with Crippen LogP contribution in [0.5, 0.6) is 0 Å². The van der Waals surface area contributed by atoms with Crippen LogP contribution in [0.25, 0.3) is 121 Å². The lowest BCUT2D eigenvalue weighted by molar-refractivity contribution is 0.669. The van der Waals surface area contributed by atoms with Crippen molar-refractivity contribution in [2.45, 2.75) is 0 Å². The molecule has 0 aliphatic rings. The number of hydrogen-bond donors (Lipinski definition) is 0. The Morgan fingerprint density at radius 2 is 0.966 bits per heavy atom. The molecule has 0 bridgehead atoms. The highest BCUT2D eigenvalue weighted by atomic mass is 32.1. The molecule has 4 heterocycles. The molecule has 3 nitrogen and oxygen atoms in total. The summed E-state index contributed by atoms with van der Waals surface area (Å²) in [5.41, 5.74) is 14.6. The van der Waals surface area contributed by atoms with Crippen LogP contribution in [0.1, 0.15) is 10.4 Å². The molecule has 0 saturated carbocycles. The minimum Gasteiger partial charge on any atom is -0.456 e. The maximum atomic E-state index is 6.24. The van der Waals surface area contributed by atoms with E-state index in [-0.39, 0.29) is 0 Å². The van der Waals surface area contributed by atoms with Gasteiger partial charge in [0.25, 0.3) is 0 Å². The summed E-state index contributed by atoms with van der Waals surface area (Å²) < 4.78 is 12.3. The Kier molecular flexibility index (Phi) is 7.10. The first-order valence-electron chi connectivity index (χ1n) is 19.6. The lowest BCUT2D eigenvalue weighted by Gasteiger charge is -2.13. The number of fused-ring (bicyclic) bond motifs is 10. The second-order valence-electron chi connectivity index (χ2n) is 15.0. The molecule has 0 unspecified atom stereocenters. The Hall–Kier alpha value is -7.40. The maximum Gasteiger partial charge on any atom is 0.135 e. The average molecular weight is 759 g/mol. The highest BCUT2D eigenvalue weighted by molar-refractivity contribution is 7.20. The molecule has 0 atom stereocenters. The molecule has 4 heteroatoms. The SMILES string of the molecule is C=Cc1sc2c(-c3ccc4oc5ccccc5c4c3)cc(-n3c4ccccc4c4cc(-c5ccc6c(c5)c5ccccc5n6-c5ccccc5)ccc43)cc2c1C=C. The number of nitrogens with zero attached hydrogens (tertiary/aromatic N) is 2. The molecule has 0 aliphatic carbocycles. The van der Waals surface area contributed by atoms with E-state index in [1.165, 1.54) is 59.4 Å². The Bertz CT molecular complexity index is 3670. The fourth-order valence-electron chi connectivity index (χ4n) is 9.26. The van der Waals surface area contributed by atoms with Crippen molar-refractivity contribution in [3.05, 3.63) is 193 Å². The van der Waals surface area contributed by atoms with Crippen LogP contribution in [0, 0.1) is 0 Å².